The molecule has 1 amide bonds. The molecule has 0 fully saturated rings. The summed E-state index contributed by atoms with van der Waals surface area (Å²) in [6, 6.07) is 4.94. The summed E-state index contributed by atoms with van der Waals surface area (Å²) in [6.07, 6.45) is 0.539. The van der Waals surface area contributed by atoms with E-state index in [-0.39, 0.29) is 18.6 Å². The smallest absolute Gasteiger partial charge is 0.252 e. The van der Waals surface area contributed by atoms with Crippen molar-refractivity contribution in [1.82, 2.24) is 5.32 Å². The van der Waals surface area contributed by atoms with Crippen LogP contribution < -0.4 is 5.32 Å². The van der Waals surface area contributed by atoms with Gasteiger partial charge in [-0.3, -0.25) is 4.79 Å². The highest BCUT2D eigenvalue weighted by atomic mass is 79.9. The van der Waals surface area contributed by atoms with Crippen LogP contribution in [0.3, 0.4) is 0 Å². The molecule has 0 saturated carbocycles. The third-order valence-corrected chi connectivity index (χ3v) is 3.01. The molecule has 0 aliphatic carbocycles. The van der Waals surface area contributed by atoms with Gasteiger partial charge in [-0.05, 0) is 47.5 Å². The zero-order valence-electron chi connectivity index (χ0n) is 8.84. The fourth-order valence-electron chi connectivity index (χ4n) is 1.24. The number of hydrogen-bond donors (Lipinski definition) is 2. The molecule has 3 nitrogen and oxygen atoms in total. The molecular weight excluding hydrogens is 293 g/mol. The van der Waals surface area contributed by atoms with Gasteiger partial charge in [0.05, 0.1) is 5.56 Å². The van der Waals surface area contributed by atoms with Crippen LogP contribution in [0.5, 0.6) is 0 Å². The Kier molecular flexibility index (Phi) is 5.25. The summed E-state index contributed by atoms with van der Waals surface area (Å²) < 4.78 is 0.661. The number of amides is 1. The Bertz CT molecular complexity index is 384. The zero-order chi connectivity index (χ0) is 12.1. The Morgan fingerprint density at radius 2 is 2.31 bits per heavy atom. The van der Waals surface area contributed by atoms with Gasteiger partial charge in [-0.25, -0.2) is 0 Å². The monoisotopic (exact) mass is 305 g/mol. The van der Waals surface area contributed by atoms with E-state index in [4.69, 9.17) is 16.7 Å². The third kappa shape index (κ3) is 3.77. The van der Waals surface area contributed by atoms with Crippen LogP contribution in [-0.2, 0) is 0 Å². The molecular formula is C11H13BrClNO2. The summed E-state index contributed by atoms with van der Waals surface area (Å²) in [6.45, 7) is 1.90. The predicted octanol–water partition coefficient (Wildman–Crippen LogP) is 2.60. The molecule has 0 aliphatic heterocycles. The Morgan fingerprint density at radius 3 is 2.88 bits per heavy atom. The molecule has 1 unspecified atom stereocenters. The lowest BCUT2D eigenvalue weighted by Crippen LogP contribution is -2.33. The molecule has 5 heteroatoms. The molecule has 1 aromatic carbocycles. The van der Waals surface area contributed by atoms with Crippen molar-refractivity contribution < 1.29 is 9.90 Å². The molecule has 2 N–H and O–H groups in total. The fourth-order valence-corrected chi connectivity index (χ4v) is 2.10. The lowest BCUT2D eigenvalue weighted by molar-refractivity contribution is 0.0933. The maximum atomic E-state index is 11.8. The van der Waals surface area contributed by atoms with E-state index in [1.165, 1.54) is 0 Å². The van der Waals surface area contributed by atoms with E-state index in [2.05, 4.69) is 21.2 Å². The number of rotatable bonds is 4. The number of carbonyl (C=O) groups excluding carboxylic acids is 1. The second kappa shape index (κ2) is 6.23. The third-order valence-electron chi connectivity index (χ3n) is 2.12. The molecule has 88 valence electrons. The van der Waals surface area contributed by atoms with Crippen LogP contribution in [0.1, 0.15) is 23.7 Å². The second-order valence-corrected chi connectivity index (χ2v) is 4.80. The molecule has 0 heterocycles. The van der Waals surface area contributed by atoms with Crippen molar-refractivity contribution in [1.29, 1.82) is 0 Å². The fraction of sp³-hybridized carbons (Fsp3) is 0.364. The SMILES string of the molecule is CC(CCO)NC(=O)c1ccc(Cl)cc1Br. The Morgan fingerprint density at radius 1 is 1.62 bits per heavy atom. The minimum atomic E-state index is -0.176. The van der Waals surface area contributed by atoms with E-state index in [1.54, 1.807) is 18.2 Å². The normalized spacial score (nSPS) is 12.2. The van der Waals surface area contributed by atoms with Gasteiger partial charge in [-0.2, -0.15) is 0 Å². The number of benzene rings is 1. The van der Waals surface area contributed by atoms with Crippen molar-refractivity contribution in [3.63, 3.8) is 0 Å². The minimum absolute atomic E-state index is 0.0555. The van der Waals surface area contributed by atoms with E-state index in [0.29, 0.717) is 21.5 Å². The maximum absolute atomic E-state index is 11.8. The highest BCUT2D eigenvalue weighted by Crippen LogP contribution is 2.21. The molecule has 1 rings (SSSR count). The highest BCUT2D eigenvalue weighted by molar-refractivity contribution is 9.10. The van der Waals surface area contributed by atoms with Gasteiger partial charge in [0.15, 0.2) is 0 Å². The van der Waals surface area contributed by atoms with Gasteiger partial charge < -0.3 is 10.4 Å². The Hall–Kier alpha value is -0.580. The summed E-state index contributed by atoms with van der Waals surface area (Å²) in [5.74, 6) is -0.176. The number of aliphatic hydroxyl groups is 1. The van der Waals surface area contributed by atoms with E-state index >= 15 is 0 Å². The average molecular weight is 307 g/mol. The standard InChI is InChI=1S/C11H13BrClNO2/c1-7(4-5-15)14-11(16)9-3-2-8(13)6-10(9)12/h2-3,6-7,15H,4-5H2,1H3,(H,14,16). The molecule has 16 heavy (non-hydrogen) atoms. The molecule has 0 aromatic heterocycles. The van der Waals surface area contributed by atoms with E-state index < -0.39 is 0 Å². The summed E-state index contributed by atoms with van der Waals surface area (Å²) in [4.78, 5) is 11.8. The lowest BCUT2D eigenvalue weighted by atomic mass is 10.2. The largest absolute Gasteiger partial charge is 0.396 e. The number of aliphatic hydroxyl groups excluding tert-OH is 1. The highest BCUT2D eigenvalue weighted by Gasteiger charge is 2.12. The van der Waals surface area contributed by atoms with Gasteiger partial charge in [0, 0.05) is 22.1 Å². The summed E-state index contributed by atoms with van der Waals surface area (Å²) >= 11 is 9.06. The van der Waals surface area contributed by atoms with Crippen LogP contribution >= 0.6 is 27.5 Å². The van der Waals surface area contributed by atoms with Crippen molar-refractivity contribution >= 4 is 33.4 Å². The van der Waals surface area contributed by atoms with Crippen molar-refractivity contribution in [2.45, 2.75) is 19.4 Å². The molecule has 0 aliphatic rings. The van der Waals surface area contributed by atoms with Crippen LogP contribution in [0.4, 0.5) is 0 Å². The zero-order valence-corrected chi connectivity index (χ0v) is 11.2. The van der Waals surface area contributed by atoms with Crippen molar-refractivity contribution in [2.75, 3.05) is 6.61 Å². The number of hydrogen-bond acceptors (Lipinski definition) is 2. The van der Waals surface area contributed by atoms with Crippen LogP contribution in [0.25, 0.3) is 0 Å². The van der Waals surface area contributed by atoms with Crippen molar-refractivity contribution in [3.8, 4) is 0 Å². The first kappa shape index (κ1) is 13.5. The number of nitrogens with one attached hydrogen (secondary N) is 1. The number of halogens is 2. The summed E-state index contributed by atoms with van der Waals surface area (Å²) in [5.41, 5.74) is 0.536. The quantitative estimate of drug-likeness (QED) is 0.898. The molecule has 0 radical (unpaired) electrons. The molecule has 0 spiro atoms. The van der Waals surface area contributed by atoms with E-state index in [1.807, 2.05) is 6.92 Å². The van der Waals surface area contributed by atoms with Crippen molar-refractivity contribution in [3.05, 3.63) is 33.3 Å². The average Bonchev–Trinajstić information content (AvgIpc) is 2.17. The van der Waals surface area contributed by atoms with Crippen LogP contribution in [0.2, 0.25) is 5.02 Å². The van der Waals surface area contributed by atoms with Gasteiger partial charge in [-0.1, -0.05) is 11.6 Å². The second-order valence-electron chi connectivity index (χ2n) is 3.51. The summed E-state index contributed by atoms with van der Waals surface area (Å²) in [5, 5.41) is 12.1. The first-order chi connectivity index (χ1) is 7.54. The Balaban J connectivity index is 2.73. The van der Waals surface area contributed by atoms with Gasteiger partial charge in [0.25, 0.3) is 5.91 Å². The first-order valence-corrected chi connectivity index (χ1v) is 6.08. The van der Waals surface area contributed by atoms with Gasteiger partial charge in [-0.15, -0.1) is 0 Å². The van der Waals surface area contributed by atoms with Crippen LogP contribution in [0, 0.1) is 0 Å². The van der Waals surface area contributed by atoms with Crippen LogP contribution in [0.15, 0.2) is 22.7 Å². The van der Waals surface area contributed by atoms with E-state index in [0.717, 1.165) is 0 Å². The maximum Gasteiger partial charge on any atom is 0.252 e. The van der Waals surface area contributed by atoms with Crippen molar-refractivity contribution in [2.24, 2.45) is 0 Å². The molecule has 1 aromatic rings. The predicted molar refractivity (Wildman–Crippen MR) is 67.8 cm³/mol. The van der Waals surface area contributed by atoms with E-state index in [9.17, 15) is 4.79 Å². The lowest BCUT2D eigenvalue weighted by Gasteiger charge is -2.13. The van der Waals surface area contributed by atoms with Gasteiger partial charge in [0.2, 0.25) is 0 Å². The van der Waals surface area contributed by atoms with Gasteiger partial charge >= 0.3 is 0 Å². The van der Waals surface area contributed by atoms with Gasteiger partial charge in [0.1, 0.15) is 0 Å². The molecule has 0 bridgehead atoms. The summed E-state index contributed by atoms with van der Waals surface area (Å²) in [7, 11) is 0. The Labute approximate surface area is 108 Å². The molecule has 1 atom stereocenters. The topological polar surface area (TPSA) is 49.3 Å². The molecule has 0 saturated heterocycles. The minimum Gasteiger partial charge on any atom is -0.396 e. The number of carbonyl (C=O) groups is 1. The first-order valence-electron chi connectivity index (χ1n) is 4.91. The van der Waals surface area contributed by atoms with Crippen LogP contribution in [-0.4, -0.2) is 23.7 Å².